The van der Waals surface area contributed by atoms with Crippen LogP contribution in [0.3, 0.4) is 0 Å². The van der Waals surface area contributed by atoms with Crippen LogP contribution in [0.2, 0.25) is 0 Å². The van der Waals surface area contributed by atoms with E-state index in [2.05, 4.69) is 46.9 Å². The topological polar surface area (TPSA) is 0 Å². The molecule has 1 atom stereocenters. The first-order chi connectivity index (χ1) is 4.70. The Hall–Kier alpha value is 0.530. The van der Waals surface area contributed by atoms with Crippen LogP contribution < -0.4 is 0 Å². The molecule has 0 fully saturated rings. The number of thiophene rings is 1. The Balaban J connectivity index is 2.65. The second-order valence-electron chi connectivity index (χ2n) is 2.27. The first-order valence-electron chi connectivity index (χ1n) is 3.10. The third-order valence-corrected chi connectivity index (χ3v) is 3.20. The highest BCUT2D eigenvalue weighted by molar-refractivity contribution is 9.11. The fraction of sp³-hybridized carbons (Fsp3) is 0.429. The fourth-order valence-electron chi connectivity index (χ4n) is 0.784. The van der Waals surface area contributed by atoms with Gasteiger partial charge in [0.1, 0.15) is 0 Å². The largest absolute Gasteiger partial charge is 0.176 e. The minimum Gasteiger partial charge on any atom is -0.176 e. The molecule has 0 spiro atoms. The van der Waals surface area contributed by atoms with Crippen molar-refractivity contribution in [3.05, 3.63) is 20.8 Å². The van der Waals surface area contributed by atoms with E-state index in [9.17, 15) is 0 Å². The molecule has 0 saturated heterocycles. The fourth-order valence-corrected chi connectivity index (χ4v) is 2.25. The van der Waals surface area contributed by atoms with Gasteiger partial charge in [-0.05, 0) is 39.4 Å². The predicted octanol–water partition coefficient (Wildman–Crippen LogP) is 3.37. The van der Waals surface area contributed by atoms with Crippen LogP contribution in [0.1, 0.15) is 12.5 Å². The summed E-state index contributed by atoms with van der Waals surface area (Å²) in [5.41, 5.74) is 1.37. The van der Waals surface area contributed by atoms with Gasteiger partial charge in [0, 0.05) is 5.25 Å². The lowest BCUT2D eigenvalue weighted by molar-refractivity contribution is 0.952. The second kappa shape index (κ2) is 3.79. The van der Waals surface area contributed by atoms with Crippen molar-refractivity contribution in [2.45, 2.75) is 18.6 Å². The van der Waals surface area contributed by atoms with Crippen LogP contribution in [0.4, 0.5) is 0 Å². The molecule has 56 valence electrons. The predicted molar refractivity (Wildman–Crippen MR) is 54.2 cm³/mol. The zero-order valence-electron chi connectivity index (χ0n) is 5.67. The zero-order valence-corrected chi connectivity index (χ0v) is 8.97. The summed E-state index contributed by atoms with van der Waals surface area (Å²) in [4.78, 5) is 0. The van der Waals surface area contributed by atoms with E-state index in [1.54, 1.807) is 11.3 Å². The van der Waals surface area contributed by atoms with Gasteiger partial charge in [-0.15, -0.1) is 11.3 Å². The molecule has 1 rings (SSSR count). The molecular weight excluding hydrogens is 228 g/mol. The van der Waals surface area contributed by atoms with E-state index in [0.29, 0.717) is 5.25 Å². The number of hydrogen-bond donors (Lipinski definition) is 1. The highest BCUT2D eigenvalue weighted by Crippen LogP contribution is 2.25. The quantitative estimate of drug-likeness (QED) is 0.749. The molecule has 1 heterocycles. The van der Waals surface area contributed by atoms with Gasteiger partial charge in [-0.25, -0.2) is 0 Å². The van der Waals surface area contributed by atoms with Crippen molar-refractivity contribution in [3.63, 3.8) is 0 Å². The smallest absolute Gasteiger partial charge is 0.0730 e. The summed E-state index contributed by atoms with van der Waals surface area (Å²) in [7, 11) is 0. The van der Waals surface area contributed by atoms with Crippen LogP contribution in [-0.2, 0) is 6.42 Å². The second-order valence-corrected chi connectivity index (χ2v) is 5.39. The Morgan fingerprint density at radius 2 is 2.50 bits per heavy atom. The van der Waals surface area contributed by atoms with Crippen molar-refractivity contribution >= 4 is 39.9 Å². The highest BCUT2D eigenvalue weighted by atomic mass is 79.9. The van der Waals surface area contributed by atoms with Gasteiger partial charge in [0.2, 0.25) is 0 Å². The lowest BCUT2D eigenvalue weighted by Crippen LogP contribution is -1.95. The molecule has 0 amide bonds. The maximum atomic E-state index is 4.32. The average molecular weight is 237 g/mol. The van der Waals surface area contributed by atoms with Crippen LogP contribution in [0.25, 0.3) is 0 Å². The average Bonchev–Trinajstić information content (AvgIpc) is 2.15. The van der Waals surface area contributed by atoms with Crippen molar-refractivity contribution in [2.24, 2.45) is 0 Å². The summed E-state index contributed by atoms with van der Waals surface area (Å²) in [6, 6.07) is 2.14. The van der Waals surface area contributed by atoms with E-state index in [1.165, 1.54) is 9.35 Å². The lowest BCUT2D eigenvalue weighted by atomic mass is 10.2. The summed E-state index contributed by atoms with van der Waals surface area (Å²) >= 11 is 9.52. The van der Waals surface area contributed by atoms with Crippen LogP contribution in [0, 0.1) is 0 Å². The Morgan fingerprint density at radius 3 is 2.90 bits per heavy atom. The van der Waals surface area contributed by atoms with E-state index in [1.807, 2.05) is 0 Å². The molecule has 0 nitrogen and oxygen atoms in total. The maximum absolute atomic E-state index is 4.32. The van der Waals surface area contributed by atoms with Gasteiger partial charge in [0.05, 0.1) is 3.79 Å². The highest BCUT2D eigenvalue weighted by Gasteiger charge is 2.02. The molecule has 0 radical (unpaired) electrons. The Morgan fingerprint density at radius 1 is 1.80 bits per heavy atom. The Kier molecular flexibility index (Phi) is 3.27. The molecule has 0 N–H and O–H groups in total. The van der Waals surface area contributed by atoms with Gasteiger partial charge >= 0.3 is 0 Å². The molecule has 0 aliphatic rings. The third-order valence-electron chi connectivity index (χ3n) is 1.21. The molecule has 0 aliphatic heterocycles. The first kappa shape index (κ1) is 8.62. The van der Waals surface area contributed by atoms with Crippen LogP contribution in [0.5, 0.6) is 0 Å². The van der Waals surface area contributed by atoms with Gasteiger partial charge in [0.25, 0.3) is 0 Å². The summed E-state index contributed by atoms with van der Waals surface area (Å²) < 4.78 is 1.24. The van der Waals surface area contributed by atoms with Gasteiger partial charge < -0.3 is 0 Å². The summed E-state index contributed by atoms with van der Waals surface area (Å²) in [6.07, 6.45) is 1.05. The van der Waals surface area contributed by atoms with E-state index in [4.69, 9.17) is 0 Å². The maximum Gasteiger partial charge on any atom is 0.0730 e. The van der Waals surface area contributed by atoms with Crippen molar-refractivity contribution in [3.8, 4) is 0 Å². The number of hydrogen-bond acceptors (Lipinski definition) is 2. The normalized spacial score (nSPS) is 13.5. The molecular formula is C7H9BrS2. The van der Waals surface area contributed by atoms with Crippen molar-refractivity contribution in [1.82, 2.24) is 0 Å². The molecule has 1 unspecified atom stereocenters. The molecule has 0 aromatic carbocycles. The Labute approximate surface area is 79.2 Å². The molecule has 10 heavy (non-hydrogen) atoms. The number of halogens is 1. The molecule has 1 aromatic heterocycles. The minimum atomic E-state index is 0.450. The van der Waals surface area contributed by atoms with E-state index in [-0.39, 0.29) is 0 Å². The van der Waals surface area contributed by atoms with Crippen molar-refractivity contribution < 1.29 is 0 Å². The molecule has 1 aromatic rings. The minimum absolute atomic E-state index is 0.450. The first-order valence-corrected chi connectivity index (χ1v) is 5.29. The number of rotatable bonds is 2. The van der Waals surface area contributed by atoms with Crippen LogP contribution in [0.15, 0.2) is 15.2 Å². The summed E-state index contributed by atoms with van der Waals surface area (Å²) in [6.45, 7) is 2.10. The lowest BCUT2D eigenvalue weighted by Gasteiger charge is -2.00. The van der Waals surface area contributed by atoms with Crippen molar-refractivity contribution in [2.75, 3.05) is 0 Å². The van der Waals surface area contributed by atoms with Gasteiger partial charge in [-0.3, -0.25) is 0 Å². The third kappa shape index (κ3) is 2.29. The van der Waals surface area contributed by atoms with Crippen LogP contribution in [-0.4, -0.2) is 5.25 Å². The van der Waals surface area contributed by atoms with Gasteiger partial charge in [-0.2, -0.15) is 12.6 Å². The summed E-state index contributed by atoms with van der Waals surface area (Å²) in [5, 5.41) is 2.54. The molecule has 0 saturated carbocycles. The van der Waals surface area contributed by atoms with E-state index >= 15 is 0 Å². The summed E-state index contributed by atoms with van der Waals surface area (Å²) in [5.74, 6) is 0. The Bertz CT molecular complexity index is 205. The SMILES string of the molecule is CC(S)Cc1ccsc1Br. The van der Waals surface area contributed by atoms with E-state index in [0.717, 1.165) is 6.42 Å². The molecule has 0 aliphatic carbocycles. The monoisotopic (exact) mass is 236 g/mol. The van der Waals surface area contributed by atoms with Gasteiger partial charge in [-0.1, -0.05) is 6.92 Å². The van der Waals surface area contributed by atoms with Gasteiger partial charge in [0.15, 0.2) is 0 Å². The van der Waals surface area contributed by atoms with Crippen LogP contribution >= 0.6 is 39.9 Å². The van der Waals surface area contributed by atoms with Crippen molar-refractivity contribution in [1.29, 1.82) is 0 Å². The molecule has 0 bridgehead atoms. The standard InChI is InChI=1S/C7H9BrS2/c1-5(9)4-6-2-3-10-7(6)8/h2-3,5,9H,4H2,1H3. The zero-order chi connectivity index (χ0) is 7.56. The molecule has 3 heteroatoms. The number of thiol groups is 1. The van der Waals surface area contributed by atoms with E-state index < -0.39 is 0 Å².